The largest absolute Gasteiger partial charge is 0.456 e. The van der Waals surface area contributed by atoms with Gasteiger partial charge in [0.2, 0.25) is 0 Å². The second-order valence-corrected chi connectivity index (χ2v) is 10.8. The number of likely N-dealkylation sites (tertiary alicyclic amines) is 1. The highest BCUT2D eigenvalue weighted by Crippen LogP contribution is 2.34. The lowest BCUT2D eigenvalue weighted by molar-refractivity contribution is 0.0658. The van der Waals surface area contributed by atoms with E-state index < -0.39 is 0 Å². The molecular formula is C32H30N8O2. The van der Waals surface area contributed by atoms with Crippen LogP contribution >= 0.6 is 0 Å². The number of rotatable bonds is 6. The summed E-state index contributed by atoms with van der Waals surface area (Å²) in [5, 5.41) is 13.9. The third-order valence-corrected chi connectivity index (χ3v) is 8.08. The van der Waals surface area contributed by atoms with Gasteiger partial charge in [0.15, 0.2) is 5.82 Å². The van der Waals surface area contributed by atoms with E-state index in [0.717, 1.165) is 46.2 Å². The predicted octanol–water partition coefficient (Wildman–Crippen LogP) is 5.33. The lowest BCUT2D eigenvalue weighted by Gasteiger charge is -2.35. The summed E-state index contributed by atoms with van der Waals surface area (Å²) < 4.78 is 8.15. The molecule has 0 unspecified atom stereocenters. The number of amides is 1. The number of furan rings is 1. The smallest absolute Gasteiger partial charge is 0.272 e. The van der Waals surface area contributed by atoms with Crippen molar-refractivity contribution in [1.29, 1.82) is 0 Å². The summed E-state index contributed by atoms with van der Waals surface area (Å²) in [6, 6.07) is 22.1. The number of nitrogens with zero attached hydrogens (tertiary/aromatic N) is 8. The Morgan fingerprint density at radius 3 is 2.57 bits per heavy atom. The summed E-state index contributed by atoms with van der Waals surface area (Å²) in [7, 11) is 1.97. The van der Waals surface area contributed by atoms with E-state index in [1.807, 2.05) is 78.2 Å². The highest BCUT2D eigenvalue weighted by molar-refractivity contribution is 5.94. The molecule has 0 N–H and O–H groups in total. The Hall–Kier alpha value is -5.12. The van der Waals surface area contributed by atoms with E-state index in [9.17, 15) is 4.79 Å². The first kappa shape index (κ1) is 25.8. The number of carbonyl (C=O) groups excluding carboxylic acids is 1. The monoisotopic (exact) mass is 558 g/mol. The van der Waals surface area contributed by atoms with E-state index in [-0.39, 0.29) is 17.9 Å². The molecule has 7 rings (SSSR count). The molecule has 10 nitrogen and oxygen atoms in total. The number of aryl methyl sites for hydroxylation is 2. The Balaban J connectivity index is 1.08. The molecule has 42 heavy (non-hydrogen) atoms. The Morgan fingerprint density at radius 2 is 1.83 bits per heavy atom. The topological polar surface area (TPSA) is 108 Å². The molecule has 5 heterocycles. The number of benzene rings is 2. The van der Waals surface area contributed by atoms with Gasteiger partial charge in [-0.3, -0.25) is 9.78 Å². The van der Waals surface area contributed by atoms with Crippen LogP contribution in [0.4, 0.5) is 0 Å². The Labute approximate surface area is 242 Å². The van der Waals surface area contributed by atoms with Crippen LogP contribution in [0.3, 0.4) is 0 Å². The molecule has 1 aliphatic heterocycles. The number of hydrogen-bond donors (Lipinski definition) is 0. The summed E-state index contributed by atoms with van der Waals surface area (Å²) in [4.78, 5) is 25.8. The van der Waals surface area contributed by atoms with Crippen molar-refractivity contribution in [3.8, 4) is 22.6 Å². The zero-order valence-corrected chi connectivity index (χ0v) is 23.5. The van der Waals surface area contributed by atoms with Crippen LogP contribution in [0, 0.1) is 12.8 Å². The Bertz CT molecular complexity index is 1860. The van der Waals surface area contributed by atoms with Gasteiger partial charge < -0.3 is 13.9 Å². The molecule has 1 aliphatic rings. The number of aromatic nitrogens is 7. The number of piperidine rings is 1. The first-order chi connectivity index (χ1) is 20.5. The van der Waals surface area contributed by atoms with Crippen LogP contribution < -0.4 is 0 Å². The lowest BCUT2D eigenvalue weighted by atomic mass is 9.85. The normalized spacial score (nSPS) is 14.9. The van der Waals surface area contributed by atoms with Crippen molar-refractivity contribution in [2.45, 2.75) is 25.8 Å². The van der Waals surface area contributed by atoms with E-state index in [0.29, 0.717) is 30.4 Å². The average Bonchev–Trinajstić information content (AvgIpc) is 3.77. The molecule has 0 saturated carbocycles. The van der Waals surface area contributed by atoms with E-state index in [1.54, 1.807) is 17.3 Å². The van der Waals surface area contributed by atoms with Gasteiger partial charge >= 0.3 is 0 Å². The summed E-state index contributed by atoms with van der Waals surface area (Å²) in [5.74, 6) is 1.54. The van der Waals surface area contributed by atoms with Crippen LogP contribution in [0.25, 0.3) is 33.6 Å². The van der Waals surface area contributed by atoms with Crippen molar-refractivity contribution < 1.29 is 9.21 Å². The molecule has 0 bridgehead atoms. The second-order valence-electron chi connectivity index (χ2n) is 10.8. The standard InChI is InChI=1S/C32H30N8O2/c1-21-35-37-40(36-21)31(22-6-4-3-5-7-22)23-11-14-39(15-12-23)32(41)27-17-25(10-13-34-27)30-18-26-16-24(8-9-29(26)42-30)28-19-33-20-38(28)2/h3-10,13,16-20,23,31H,11-12,14-15H2,1-2H3/t31-/m0/s1. The van der Waals surface area contributed by atoms with E-state index in [2.05, 4.69) is 43.6 Å². The summed E-state index contributed by atoms with van der Waals surface area (Å²) in [6.07, 6.45) is 6.96. The van der Waals surface area contributed by atoms with Gasteiger partial charge in [0.05, 0.1) is 18.2 Å². The van der Waals surface area contributed by atoms with Gasteiger partial charge in [0, 0.05) is 42.8 Å². The minimum atomic E-state index is -0.0732. The molecule has 0 aliphatic carbocycles. The minimum Gasteiger partial charge on any atom is -0.456 e. The van der Waals surface area contributed by atoms with Gasteiger partial charge in [-0.1, -0.05) is 30.3 Å². The van der Waals surface area contributed by atoms with Crippen molar-refractivity contribution in [2.75, 3.05) is 13.1 Å². The van der Waals surface area contributed by atoms with Crippen molar-refractivity contribution in [3.05, 3.63) is 103 Å². The maximum Gasteiger partial charge on any atom is 0.272 e. The fraction of sp³-hybridized carbons (Fsp3) is 0.250. The van der Waals surface area contributed by atoms with Crippen molar-refractivity contribution in [2.24, 2.45) is 13.0 Å². The molecule has 2 aromatic carbocycles. The van der Waals surface area contributed by atoms with E-state index >= 15 is 0 Å². The van der Waals surface area contributed by atoms with Crippen molar-refractivity contribution in [1.82, 2.24) is 39.6 Å². The molecular weight excluding hydrogens is 528 g/mol. The zero-order valence-electron chi connectivity index (χ0n) is 23.5. The number of fused-ring (bicyclic) bond motifs is 1. The van der Waals surface area contributed by atoms with Gasteiger partial charge in [-0.05, 0) is 72.9 Å². The molecule has 1 atom stereocenters. The summed E-state index contributed by atoms with van der Waals surface area (Å²) >= 11 is 0. The van der Waals surface area contributed by atoms with Gasteiger partial charge in [-0.15, -0.1) is 10.2 Å². The van der Waals surface area contributed by atoms with Crippen LogP contribution in [0.15, 0.2) is 89.9 Å². The third kappa shape index (κ3) is 4.85. The SMILES string of the molecule is Cc1nnn([C@@H](c2ccccc2)C2CCN(C(=O)c3cc(-c4cc5cc(-c6cncn6C)ccc5o4)ccn3)CC2)n1. The van der Waals surface area contributed by atoms with E-state index in [4.69, 9.17) is 4.42 Å². The highest BCUT2D eigenvalue weighted by atomic mass is 16.3. The number of tetrazole rings is 1. The number of carbonyl (C=O) groups is 1. The average molecular weight is 559 g/mol. The van der Waals surface area contributed by atoms with Crippen LogP contribution in [0.1, 0.15) is 40.8 Å². The van der Waals surface area contributed by atoms with Crippen LogP contribution in [-0.4, -0.2) is 58.6 Å². The molecule has 1 fully saturated rings. The minimum absolute atomic E-state index is 0.0300. The first-order valence-electron chi connectivity index (χ1n) is 14.1. The van der Waals surface area contributed by atoms with Crippen LogP contribution in [0.2, 0.25) is 0 Å². The van der Waals surface area contributed by atoms with Gasteiger partial charge in [-0.2, -0.15) is 4.80 Å². The molecule has 4 aromatic heterocycles. The first-order valence-corrected chi connectivity index (χ1v) is 14.1. The maximum absolute atomic E-state index is 13.6. The van der Waals surface area contributed by atoms with Crippen molar-refractivity contribution >= 4 is 16.9 Å². The second kappa shape index (κ2) is 10.7. The quantitative estimate of drug-likeness (QED) is 0.272. The molecule has 6 aromatic rings. The molecule has 1 amide bonds. The van der Waals surface area contributed by atoms with Gasteiger partial charge in [-0.25, -0.2) is 4.98 Å². The van der Waals surface area contributed by atoms with Crippen LogP contribution in [0.5, 0.6) is 0 Å². The number of hydrogen-bond acceptors (Lipinski definition) is 7. The van der Waals surface area contributed by atoms with Crippen LogP contribution in [-0.2, 0) is 7.05 Å². The zero-order chi connectivity index (χ0) is 28.6. The lowest BCUT2D eigenvalue weighted by Crippen LogP contribution is -2.41. The number of pyridine rings is 1. The highest BCUT2D eigenvalue weighted by Gasteiger charge is 2.32. The maximum atomic E-state index is 13.6. The predicted molar refractivity (Wildman–Crippen MR) is 157 cm³/mol. The number of imidazole rings is 1. The summed E-state index contributed by atoms with van der Waals surface area (Å²) in [6.45, 7) is 3.11. The summed E-state index contributed by atoms with van der Waals surface area (Å²) in [5.41, 5.74) is 5.25. The third-order valence-electron chi connectivity index (χ3n) is 8.08. The fourth-order valence-corrected chi connectivity index (χ4v) is 5.92. The van der Waals surface area contributed by atoms with Gasteiger partial charge in [0.1, 0.15) is 23.1 Å². The Morgan fingerprint density at radius 1 is 1.00 bits per heavy atom. The molecule has 1 saturated heterocycles. The Kier molecular flexibility index (Phi) is 6.58. The molecule has 210 valence electrons. The van der Waals surface area contributed by atoms with Gasteiger partial charge in [0.25, 0.3) is 5.91 Å². The van der Waals surface area contributed by atoms with Crippen molar-refractivity contribution in [3.63, 3.8) is 0 Å². The van der Waals surface area contributed by atoms with E-state index in [1.165, 1.54) is 0 Å². The molecule has 10 heteroatoms. The fourth-order valence-electron chi connectivity index (χ4n) is 5.92. The molecule has 0 radical (unpaired) electrons. The molecule has 0 spiro atoms.